The minimum atomic E-state index is -0.767. The Hall–Kier alpha value is -3.34. The van der Waals surface area contributed by atoms with Crippen molar-refractivity contribution in [1.29, 1.82) is 0 Å². The molecule has 11 heteroatoms. The lowest BCUT2D eigenvalue weighted by molar-refractivity contribution is -0.151. The van der Waals surface area contributed by atoms with Crippen molar-refractivity contribution in [3.63, 3.8) is 0 Å². The van der Waals surface area contributed by atoms with Crippen molar-refractivity contribution in [2.45, 2.75) is 64.3 Å². The first-order chi connectivity index (χ1) is 17.5. The van der Waals surface area contributed by atoms with Gasteiger partial charge in [-0.1, -0.05) is 6.08 Å². The first-order valence-electron chi connectivity index (χ1n) is 12.5. The van der Waals surface area contributed by atoms with E-state index in [0.29, 0.717) is 18.1 Å². The zero-order valence-corrected chi connectivity index (χ0v) is 22.5. The Kier molecular flexibility index (Phi) is 9.36. The molecule has 0 spiro atoms. The van der Waals surface area contributed by atoms with Crippen molar-refractivity contribution in [3.8, 4) is 5.88 Å². The number of hydrogen-bond donors (Lipinski definition) is 1. The normalized spacial score (nSPS) is 18.8. The summed E-state index contributed by atoms with van der Waals surface area (Å²) in [7, 11) is 2.84. The minimum absolute atomic E-state index is 0.102. The monoisotopic (exact) mass is 518 g/mol. The van der Waals surface area contributed by atoms with Gasteiger partial charge >= 0.3 is 12.2 Å². The molecule has 3 rings (SSSR count). The van der Waals surface area contributed by atoms with Crippen molar-refractivity contribution in [3.05, 3.63) is 29.5 Å². The number of ether oxygens (including phenoxy) is 4. The standard InChI is InChI=1S/C26H38N4O7/c1-17(18-14-19(28-22(15-18)34-5)8-7-11-27-24(32)35-6)30(20-9-10-20)23(31)21-16-29(12-13-36-21)25(33)37-26(2,3)4/h7-8,14-15,17,20-21H,9-13,16H2,1-6H3,(H,27,32)/t17?,21-/m1/s1. The summed E-state index contributed by atoms with van der Waals surface area (Å²) in [6.45, 7) is 8.46. The molecule has 2 heterocycles. The highest BCUT2D eigenvalue weighted by atomic mass is 16.6. The van der Waals surface area contributed by atoms with Gasteiger partial charge in [0.1, 0.15) is 5.60 Å². The second-order valence-corrected chi connectivity index (χ2v) is 10.1. The first-order valence-corrected chi connectivity index (χ1v) is 12.5. The van der Waals surface area contributed by atoms with Gasteiger partial charge in [0.15, 0.2) is 6.10 Å². The summed E-state index contributed by atoms with van der Waals surface area (Å²) in [4.78, 5) is 45.4. The van der Waals surface area contributed by atoms with Crippen LogP contribution in [-0.2, 0) is 19.0 Å². The molecule has 37 heavy (non-hydrogen) atoms. The van der Waals surface area contributed by atoms with Gasteiger partial charge in [-0.2, -0.15) is 0 Å². The van der Waals surface area contributed by atoms with Gasteiger partial charge in [-0.15, -0.1) is 0 Å². The number of amides is 3. The lowest BCUT2D eigenvalue weighted by atomic mass is 10.0. The summed E-state index contributed by atoms with van der Waals surface area (Å²) >= 11 is 0. The van der Waals surface area contributed by atoms with Crippen LogP contribution < -0.4 is 10.1 Å². The number of nitrogens with one attached hydrogen (secondary N) is 1. The number of rotatable bonds is 8. The van der Waals surface area contributed by atoms with Gasteiger partial charge in [-0.25, -0.2) is 14.6 Å². The van der Waals surface area contributed by atoms with Crippen LogP contribution in [0.2, 0.25) is 0 Å². The lowest BCUT2D eigenvalue weighted by Gasteiger charge is -2.38. The van der Waals surface area contributed by atoms with E-state index in [-0.39, 0.29) is 37.7 Å². The molecule has 1 saturated carbocycles. The maximum absolute atomic E-state index is 13.7. The number of aromatic nitrogens is 1. The molecule has 1 aromatic heterocycles. The van der Waals surface area contributed by atoms with E-state index in [1.54, 1.807) is 12.2 Å². The molecule has 0 bridgehead atoms. The van der Waals surface area contributed by atoms with Crippen LogP contribution in [0.25, 0.3) is 6.08 Å². The predicted molar refractivity (Wildman–Crippen MR) is 136 cm³/mol. The van der Waals surface area contributed by atoms with E-state index >= 15 is 0 Å². The van der Waals surface area contributed by atoms with Gasteiger partial charge in [-0.05, 0) is 58.2 Å². The number of pyridine rings is 1. The molecule has 1 unspecified atom stereocenters. The molecule has 1 saturated heterocycles. The maximum atomic E-state index is 13.7. The number of nitrogens with zero attached hydrogens (tertiary/aromatic N) is 3. The molecule has 2 fully saturated rings. The molecule has 204 valence electrons. The molecule has 3 amide bonds. The number of carbonyl (C=O) groups is 3. The summed E-state index contributed by atoms with van der Waals surface area (Å²) in [5.74, 6) is 0.261. The number of morpholine rings is 1. The van der Waals surface area contributed by atoms with E-state index in [2.05, 4.69) is 15.0 Å². The summed E-state index contributed by atoms with van der Waals surface area (Å²) < 4.78 is 21.3. The molecule has 11 nitrogen and oxygen atoms in total. The van der Waals surface area contributed by atoms with Gasteiger partial charge in [-0.3, -0.25) is 4.79 Å². The zero-order valence-electron chi connectivity index (χ0n) is 22.5. The number of hydrogen-bond acceptors (Lipinski definition) is 8. The predicted octanol–water partition coefficient (Wildman–Crippen LogP) is 3.15. The fraction of sp³-hybridized carbons (Fsp3) is 0.615. The smallest absolute Gasteiger partial charge is 0.410 e. The quantitative estimate of drug-likeness (QED) is 0.557. The largest absolute Gasteiger partial charge is 0.481 e. The third-order valence-electron chi connectivity index (χ3n) is 5.98. The van der Waals surface area contributed by atoms with Gasteiger partial charge in [0.05, 0.1) is 39.1 Å². The Bertz CT molecular complexity index is 1000. The van der Waals surface area contributed by atoms with E-state index in [1.807, 2.05) is 44.7 Å². The molecule has 0 aromatic carbocycles. The van der Waals surface area contributed by atoms with Gasteiger partial charge in [0.2, 0.25) is 5.88 Å². The Morgan fingerprint density at radius 2 is 2.00 bits per heavy atom. The molecule has 1 N–H and O–H groups in total. The van der Waals surface area contributed by atoms with Crippen molar-refractivity contribution in [1.82, 2.24) is 20.1 Å². The third-order valence-corrected chi connectivity index (χ3v) is 5.98. The van der Waals surface area contributed by atoms with Crippen LogP contribution in [0.5, 0.6) is 5.88 Å². The summed E-state index contributed by atoms with van der Waals surface area (Å²) in [5.41, 5.74) is 0.860. The molecular weight excluding hydrogens is 480 g/mol. The average Bonchev–Trinajstić information content (AvgIpc) is 3.70. The molecule has 2 aliphatic rings. The van der Waals surface area contributed by atoms with Crippen molar-refractivity contribution >= 4 is 24.2 Å². The van der Waals surface area contributed by atoms with Gasteiger partial charge in [0, 0.05) is 25.2 Å². The highest BCUT2D eigenvalue weighted by Gasteiger charge is 2.42. The summed E-state index contributed by atoms with van der Waals surface area (Å²) in [6, 6.07) is 3.52. The molecule has 0 radical (unpaired) electrons. The van der Waals surface area contributed by atoms with Crippen molar-refractivity contribution in [2.75, 3.05) is 40.5 Å². The van der Waals surface area contributed by atoms with E-state index in [9.17, 15) is 14.4 Å². The highest BCUT2D eigenvalue weighted by molar-refractivity contribution is 5.83. The topological polar surface area (TPSA) is 120 Å². The van der Waals surface area contributed by atoms with E-state index in [0.717, 1.165) is 18.4 Å². The summed E-state index contributed by atoms with van der Waals surface area (Å²) in [6.07, 6.45) is 3.60. The lowest BCUT2D eigenvalue weighted by Crippen LogP contribution is -2.54. The van der Waals surface area contributed by atoms with Crippen LogP contribution in [0.15, 0.2) is 18.2 Å². The maximum Gasteiger partial charge on any atom is 0.410 e. The fourth-order valence-electron chi connectivity index (χ4n) is 4.03. The van der Waals surface area contributed by atoms with Crippen LogP contribution in [0.1, 0.15) is 57.8 Å². The van der Waals surface area contributed by atoms with Crippen LogP contribution >= 0.6 is 0 Å². The molecule has 1 aliphatic heterocycles. The van der Waals surface area contributed by atoms with Crippen LogP contribution in [0, 0.1) is 0 Å². The summed E-state index contributed by atoms with van der Waals surface area (Å²) in [5, 5.41) is 2.57. The van der Waals surface area contributed by atoms with E-state index in [1.165, 1.54) is 19.1 Å². The number of carbonyl (C=O) groups excluding carboxylic acids is 3. The van der Waals surface area contributed by atoms with Gasteiger partial charge < -0.3 is 34.1 Å². The second-order valence-electron chi connectivity index (χ2n) is 10.1. The van der Waals surface area contributed by atoms with E-state index in [4.69, 9.17) is 14.2 Å². The molecular formula is C26H38N4O7. The highest BCUT2D eigenvalue weighted by Crippen LogP contribution is 2.36. The van der Waals surface area contributed by atoms with Crippen LogP contribution in [0.4, 0.5) is 9.59 Å². The van der Waals surface area contributed by atoms with Gasteiger partial charge in [0.25, 0.3) is 5.91 Å². The Morgan fingerprint density at radius 1 is 1.27 bits per heavy atom. The van der Waals surface area contributed by atoms with Crippen LogP contribution in [0.3, 0.4) is 0 Å². The first kappa shape index (κ1) is 28.2. The Balaban J connectivity index is 1.76. The SMILES string of the molecule is COC(=O)NCC=Cc1cc(C(C)N(C(=O)[C@H]2CN(C(=O)OC(C)(C)C)CCO2)C2CC2)cc(OC)n1. The average molecular weight is 519 g/mol. The number of methoxy groups -OCH3 is 2. The molecule has 2 atom stereocenters. The molecule has 1 aromatic rings. The van der Waals surface area contributed by atoms with Crippen LogP contribution in [-0.4, -0.2) is 91.1 Å². The molecule has 1 aliphatic carbocycles. The van der Waals surface area contributed by atoms with Crippen molar-refractivity contribution < 1.29 is 33.3 Å². The fourth-order valence-corrected chi connectivity index (χ4v) is 4.03. The second kappa shape index (κ2) is 12.3. The Labute approximate surface area is 218 Å². The van der Waals surface area contributed by atoms with Crippen molar-refractivity contribution in [2.24, 2.45) is 0 Å². The minimum Gasteiger partial charge on any atom is -0.481 e. The Morgan fingerprint density at radius 3 is 2.62 bits per heavy atom. The third kappa shape index (κ3) is 8.08. The number of alkyl carbamates (subject to hydrolysis) is 1. The van der Waals surface area contributed by atoms with E-state index < -0.39 is 23.9 Å². The zero-order chi connectivity index (χ0) is 27.2.